The lowest BCUT2D eigenvalue weighted by molar-refractivity contribution is -0.136. The molecule has 0 spiro atoms. The lowest BCUT2D eigenvalue weighted by Gasteiger charge is -2.31. The summed E-state index contributed by atoms with van der Waals surface area (Å²) >= 11 is 1.63. The zero-order valence-electron chi connectivity index (χ0n) is 15.2. The SMILES string of the molecule is CC12CCC(C(=Cc3ccc(CSCCC(=O)O)cc3)C1=O)C2(C)C. The minimum absolute atomic E-state index is 0.0522. The summed E-state index contributed by atoms with van der Waals surface area (Å²) in [5.74, 6) is 1.40. The van der Waals surface area contributed by atoms with Crippen LogP contribution in [0.5, 0.6) is 0 Å². The summed E-state index contributed by atoms with van der Waals surface area (Å²) in [6.45, 7) is 6.61. The van der Waals surface area contributed by atoms with Crippen LogP contribution < -0.4 is 0 Å². The van der Waals surface area contributed by atoms with Gasteiger partial charge in [-0.15, -0.1) is 0 Å². The van der Waals surface area contributed by atoms with Crippen molar-refractivity contribution in [3.8, 4) is 0 Å². The van der Waals surface area contributed by atoms with E-state index >= 15 is 0 Å². The largest absolute Gasteiger partial charge is 0.481 e. The number of benzene rings is 1. The van der Waals surface area contributed by atoms with Gasteiger partial charge in [-0.25, -0.2) is 0 Å². The van der Waals surface area contributed by atoms with E-state index in [1.165, 1.54) is 5.56 Å². The van der Waals surface area contributed by atoms with Gasteiger partial charge in [0, 0.05) is 16.9 Å². The number of allylic oxidation sites excluding steroid dienone is 1. The highest BCUT2D eigenvalue weighted by Crippen LogP contribution is 2.65. The quantitative estimate of drug-likeness (QED) is 0.586. The fourth-order valence-electron chi connectivity index (χ4n) is 4.33. The molecule has 134 valence electrons. The van der Waals surface area contributed by atoms with Crippen LogP contribution in [0.3, 0.4) is 0 Å². The minimum atomic E-state index is -0.748. The first-order valence-electron chi connectivity index (χ1n) is 8.90. The Balaban J connectivity index is 1.69. The molecule has 3 nitrogen and oxygen atoms in total. The first-order chi connectivity index (χ1) is 11.8. The lowest BCUT2D eigenvalue weighted by atomic mass is 9.70. The fourth-order valence-corrected chi connectivity index (χ4v) is 5.22. The summed E-state index contributed by atoms with van der Waals surface area (Å²) in [5, 5.41) is 8.66. The highest BCUT2D eigenvalue weighted by atomic mass is 32.2. The molecule has 2 aliphatic carbocycles. The first-order valence-corrected chi connectivity index (χ1v) is 10.1. The smallest absolute Gasteiger partial charge is 0.304 e. The van der Waals surface area contributed by atoms with Crippen LogP contribution in [0, 0.1) is 16.7 Å². The number of ketones is 1. The number of thioether (sulfide) groups is 1. The van der Waals surface area contributed by atoms with Crippen LogP contribution in [-0.2, 0) is 15.3 Å². The number of rotatable bonds is 6. The average Bonchev–Trinajstić information content (AvgIpc) is 2.87. The van der Waals surface area contributed by atoms with Gasteiger partial charge in [0.1, 0.15) is 0 Å². The van der Waals surface area contributed by atoms with E-state index in [0.29, 0.717) is 17.5 Å². The van der Waals surface area contributed by atoms with Crippen molar-refractivity contribution in [3.63, 3.8) is 0 Å². The van der Waals surface area contributed by atoms with Gasteiger partial charge in [0.25, 0.3) is 0 Å². The molecule has 0 heterocycles. The van der Waals surface area contributed by atoms with Gasteiger partial charge >= 0.3 is 5.97 Å². The summed E-state index contributed by atoms with van der Waals surface area (Å²) in [5.41, 5.74) is 3.11. The van der Waals surface area contributed by atoms with E-state index in [0.717, 1.165) is 29.7 Å². The van der Waals surface area contributed by atoms with Crippen LogP contribution in [-0.4, -0.2) is 22.6 Å². The van der Waals surface area contributed by atoms with Crippen molar-refractivity contribution in [1.29, 1.82) is 0 Å². The number of carboxylic acid groups (broad SMARTS) is 1. The number of carbonyl (C=O) groups excluding carboxylic acids is 1. The van der Waals surface area contributed by atoms with Crippen molar-refractivity contribution in [1.82, 2.24) is 0 Å². The molecular formula is C21H26O3S. The third-order valence-electron chi connectivity index (χ3n) is 6.40. The van der Waals surface area contributed by atoms with E-state index in [9.17, 15) is 9.59 Å². The van der Waals surface area contributed by atoms with Crippen LogP contribution in [0.25, 0.3) is 6.08 Å². The molecule has 0 aromatic heterocycles. The molecule has 2 unspecified atom stereocenters. The molecule has 0 saturated heterocycles. The fraction of sp³-hybridized carbons (Fsp3) is 0.524. The van der Waals surface area contributed by atoms with Crippen LogP contribution in [0.4, 0.5) is 0 Å². The normalized spacial score (nSPS) is 28.7. The predicted octanol–water partition coefficient (Wildman–Crippen LogP) is 4.80. The summed E-state index contributed by atoms with van der Waals surface area (Å²) in [4.78, 5) is 23.4. The van der Waals surface area contributed by atoms with E-state index in [1.54, 1.807) is 11.8 Å². The third kappa shape index (κ3) is 3.17. The minimum Gasteiger partial charge on any atom is -0.481 e. The molecule has 0 amide bonds. The van der Waals surface area contributed by atoms with Crippen LogP contribution in [0.1, 0.15) is 51.2 Å². The molecule has 1 aromatic rings. The van der Waals surface area contributed by atoms with Gasteiger partial charge in [-0.05, 0) is 47.0 Å². The van der Waals surface area contributed by atoms with Gasteiger partial charge in [0.05, 0.1) is 6.42 Å². The van der Waals surface area contributed by atoms with Crippen molar-refractivity contribution >= 4 is 29.6 Å². The maximum absolute atomic E-state index is 12.9. The van der Waals surface area contributed by atoms with E-state index in [-0.39, 0.29) is 17.3 Å². The number of carbonyl (C=O) groups is 2. The zero-order valence-corrected chi connectivity index (χ0v) is 16.0. The molecule has 2 fully saturated rings. The molecule has 1 N–H and O–H groups in total. The number of aliphatic carboxylic acids is 1. The molecule has 2 bridgehead atoms. The van der Waals surface area contributed by atoms with Gasteiger partial charge in [0.15, 0.2) is 5.78 Å². The van der Waals surface area contributed by atoms with E-state index in [1.807, 2.05) is 0 Å². The Bertz CT molecular complexity index is 717. The lowest BCUT2D eigenvalue weighted by Crippen LogP contribution is -2.32. The van der Waals surface area contributed by atoms with E-state index < -0.39 is 5.97 Å². The zero-order chi connectivity index (χ0) is 18.2. The van der Waals surface area contributed by atoms with Gasteiger partial charge in [-0.3, -0.25) is 9.59 Å². The second kappa shape index (κ2) is 6.64. The maximum Gasteiger partial charge on any atom is 0.304 e. The summed E-state index contributed by atoms with van der Waals surface area (Å²) in [7, 11) is 0. The molecule has 2 atom stereocenters. The van der Waals surface area contributed by atoms with Crippen LogP contribution >= 0.6 is 11.8 Å². The Hall–Kier alpha value is -1.55. The standard InChI is InChI=1S/C21H26O3S/c1-20(2)17-8-10-21(20,3)19(24)16(17)12-14-4-6-15(7-5-14)13-25-11-9-18(22)23/h4-7,12,17H,8-11,13H2,1-3H3,(H,22,23). The van der Waals surface area contributed by atoms with E-state index in [4.69, 9.17) is 5.11 Å². The summed E-state index contributed by atoms with van der Waals surface area (Å²) in [6, 6.07) is 8.28. The van der Waals surface area contributed by atoms with Crippen molar-refractivity contribution in [2.45, 2.75) is 45.8 Å². The van der Waals surface area contributed by atoms with Gasteiger partial charge < -0.3 is 5.11 Å². The number of hydrogen-bond acceptors (Lipinski definition) is 3. The van der Waals surface area contributed by atoms with Gasteiger partial charge in [0.2, 0.25) is 0 Å². The van der Waals surface area contributed by atoms with Gasteiger partial charge in [-0.1, -0.05) is 45.0 Å². The summed E-state index contributed by atoms with van der Waals surface area (Å²) < 4.78 is 0. The van der Waals surface area contributed by atoms with Crippen molar-refractivity contribution < 1.29 is 14.7 Å². The molecule has 2 aliphatic rings. The van der Waals surface area contributed by atoms with Gasteiger partial charge in [-0.2, -0.15) is 11.8 Å². The molecule has 2 saturated carbocycles. The topological polar surface area (TPSA) is 54.4 Å². The molecule has 1 aromatic carbocycles. The average molecular weight is 359 g/mol. The maximum atomic E-state index is 12.9. The van der Waals surface area contributed by atoms with Crippen LogP contribution in [0.15, 0.2) is 29.8 Å². The van der Waals surface area contributed by atoms with Crippen LogP contribution in [0.2, 0.25) is 0 Å². The summed E-state index contributed by atoms with van der Waals surface area (Å²) in [6.07, 6.45) is 4.40. The van der Waals surface area contributed by atoms with Crippen molar-refractivity contribution in [2.75, 3.05) is 5.75 Å². The number of fused-ring (bicyclic) bond motifs is 2. The Kier molecular flexibility index (Phi) is 4.84. The number of hydrogen-bond donors (Lipinski definition) is 1. The molecule has 0 aliphatic heterocycles. The number of Topliss-reactive ketones (excluding diaryl/α,β-unsaturated/α-hetero) is 1. The Labute approximate surface area is 153 Å². The second-order valence-electron chi connectivity index (χ2n) is 8.01. The predicted molar refractivity (Wildman–Crippen MR) is 102 cm³/mol. The molecule has 3 rings (SSSR count). The molecular weight excluding hydrogens is 332 g/mol. The second-order valence-corrected chi connectivity index (χ2v) is 9.12. The molecule has 0 radical (unpaired) electrons. The Morgan fingerprint density at radius 1 is 1.28 bits per heavy atom. The highest BCUT2D eigenvalue weighted by molar-refractivity contribution is 7.98. The molecule has 25 heavy (non-hydrogen) atoms. The molecule has 4 heteroatoms. The van der Waals surface area contributed by atoms with Crippen molar-refractivity contribution in [3.05, 3.63) is 41.0 Å². The Morgan fingerprint density at radius 2 is 1.96 bits per heavy atom. The van der Waals surface area contributed by atoms with E-state index in [2.05, 4.69) is 51.1 Å². The highest BCUT2D eigenvalue weighted by Gasteiger charge is 2.63. The first kappa shape index (κ1) is 18.2. The van der Waals surface area contributed by atoms with Crippen molar-refractivity contribution in [2.24, 2.45) is 16.7 Å². The number of carboxylic acids is 1. The third-order valence-corrected chi connectivity index (χ3v) is 7.43. The Morgan fingerprint density at radius 3 is 2.52 bits per heavy atom. The monoisotopic (exact) mass is 358 g/mol.